The molecule has 1 N–H and O–H groups in total. The lowest BCUT2D eigenvalue weighted by atomic mass is 10.3. The number of aryl methyl sites for hydroxylation is 3. The Balaban J connectivity index is 2.05. The molecule has 0 aliphatic rings. The molecule has 2 aromatic heterocycles. The van der Waals surface area contributed by atoms with E-state index in [1.54, 1.807) is 11.3 Å². The van der Waals surface area contributed by atoms with Gasteiger partial charge in [-0.05, 0) is 20.8 Å². The van der Waals surface area contributed by atoms with Crippen LogP contribution in [-0.4, -0.2) is 39.2 Å². The van der Waals surface area contributed by atoms with Crippen LogP contribution in [0.2, 0.25) is 0 Å². The third-order valence-electron chi connectivity index (χ3n) is 3.31. The van der Waals surface area contributed by atoms with E-state index in [0.717, 1.165) is 35.3 Å². The molecule has 7 heteroatoms. The van der Waals surface area contributed by atoms with Crippen LogP contribution in [0.1, 0.15) is 28.1 Å². The van der Waals surface area contributed by atoms with Gasteiger partial charge in [-0.25, -0.2) is 9.98 Å². The summed E-state index contributed by atoms with van der Waals surface area (Å²) < 4.78 is 1.81. The lowest BCUT2D eigenvalue weighted by Crippen LogP contribution is -2.38. The van der Waals surface area contributed by atoms with Crippen LogP contribution in [0.4, 0.5) is 0 Å². The summed E-state index contributed by atoms with van der Waals surface area (Å²) >= 11 is 1.72. The number of nitrogens with one attached hydrogen (secondary N) is 1. The van der Waals surface area contributed by atoms with Crippen LogP contribution in [0.3, 0.4) is 0 Å². The Kier molecular flexibility index (Phi) is 5.54. The maximum Gasteiger partial charge on any atom is 0.194 e. The van der Waals surface area contributed by atoms with E-state index in [1.165, 1.54) is 4.88 Å². The lowest BCUT2D eigenvalue weighted by Gasteiger charge is -2.21. The molecule has 0 bridgehead atoms. The zero-order valence-corrected chi connectivity index (χ0v) is 14.7. The van der Waals surface area contributed by atoms with Crippen molar-refractivity contribution in [3.05, 3.63) is 33.5 Å². The monoisotopic (exact) mass is 320 g/mol. The van der Waals surface area contributed by atoms with Crippen molar-refractivity contribution in [2.24, 2.45) is 12.0 Å². The SMILES string of the molecule is CCNC(=NCc1nc(C)c(C)s1)N(C)Cc1cnn(C)c1. The van der Waals surface area contributed by atoms with Crippen molar-refractivity contribution < 1.29 is 0 Å². The van der Waals surface area contributed by atoms with Gasteiger partial charge in [-0.15, -0.1) is 11.3 Å². The molecular formula is C15H24N6S. The van der Waals surface area contributed by atoms with Crippen LogP contribution in [0.15, 0.2) is 17.4 Å². The molecule has 0 aliphatic heterocycles. The molecule has 0 saturated heterocycles. The smallest absolute Gasteiger partial charge is 0.194 e. The normalized spacial score (nSPS) is 11.8. The number of guanidine groups is 1. The Morgan fingerprint density at radius 3 is 2.77 bits per heavy atom. The molecule has 120 valence electrons. The van der Waals surface area contributed by atoms with Crippen LogP contribution in [0.5, 0.6) is 0 Å². The largest absolute Gasteiger partial charge is 0.357 e. The van der Waals surface area contributed by atoms with E-state index in [9.17, 15) is 0 Å². The second kappa shape index (κ2) is 7.40. The molecule has 0 fully saturated rings. The number of hydrogen-bond acceptors (Lipinski definition) is 4. The number of aliphatic imine (C=N–C) groups is 1. The second-order valence-electron chi connectivity index (χ2n) is 5.30. The molecule has 0 unspecified atom stereocenters. The van der Waals surface area contributed by atoms with Gasteiger partial charge in [-0.2, -0.15) is 5.10 Å². The van der Waals surface area contributed by atoms with Gasteiger partial charge in [0.2, 0.25) is 0 Å². The van der Waals surface area contributed by atoms with Crippen LogP contribution in [-0.2, 0) is 20.1 Å². The van der Waals surface area contributed by atoms with E-state index in [1.807, 2.05) is 38.1 Å². The number of rotatable bonds is 5. The van der Waals surface area contributed by atoms with Crippen molar-refractivity contribution in [3.63, 3.8) is 0 Å². The number of aromatic nitrogens is 3. The zero-order chi connectivity index (χ0) is 16.1. The topological polar surface area (TPSA) is 58.3 Å². The first kappa shape index (κ1) is 16.5. The van der Waals surface area contributed by atoms with Crippen molar-refractivity contribution in [1.82, 2.24) is 25.0 Å². The van der Waals surface area contributed by atoms with Gasteiger partial charge in [0.05, 0.1) is 18.4 Å². The average molecular weight is 320 g/mol. The first-order valence-corrected chi connectivity index (χ1v) is 8.21. The summed E-state index contributed by atoms with van der Waals surface area (Å²) in [6, 6.07) is 0. The number of nitrogens with zero attached hydrogens (tertiary/aromatic N) is 5. The van der Waals surface area contributed by atoms with Gasteiger partial charge in [-0.3, -0.25) is 4.68 Å². The summed E-state index contributed by atoms with van der Waals surface area (Å²) in [6.45, 7) is 8.44. The molecule has 2 heterocycles. The second-order valence-corrected chi connectivity index (χ2v) is 6.59. The van der Waals surface area contributed by atoms with Gasteiger partial charge in [0, 0.05) is 43.8 Å². The Morgan fingerprint density at radius 1 is 1.45 bits per heavy atom. The van der Waals surface area contributed by atoms with Crippen molar-refractivity contribution >= 4 is 17.3 Å². The molecule has 6 nitrogen and oxygen atoms in total. The Labute approximate surface area is 135 Å². The van der Waals surface area contributed by atoms with Gasteiger partial charge in [0.25, 0.3) is 0 Å². The van der Waals surface area contributed by atoms with E-state index in [0.29, 0.717) is 6.54 Å². The van der Waals surface area contributed by atoms with Crippen LogP contribution in [0.25, 0.3) is 0 Å². The molecule has 0 amide bonds. The highest BCUT2D eigenvalue weighted by molar-refractivity contribution is 7.11. The first-order valence-electron chi connectivity index (χ1n) is 7.39. The summed E-state index contributed by atoms with van der Waals surface area (Å²) in [4.78, 5) is 12.6. The maximum absolute atomic E-state index is 4.69. The lowest BCUT2D eigenvalue weighted by molar-refractivity contribution is 0.476. The Bertz CT molecular complexity index is 623. The molecule has 0 spiro atoms. The average Bonchev–Trinajstić information content (AvgIpc) is 3.01. The summed E-state index contributed by atoms with van der Waals surface area (Å²) in [5, 5.41) is 8.58. The van der Waals surface area contributed by atoms with Gasteiger partial charge in [-0.1, -0.05) is 0 Å². The van der Waals surface area contributed by atoms with E-state index in [2.05, 4.69) is 34.1 Å². The highest BCUT2D eigenvalue weighted by atomic mass is 32.1. The van der Waals surface area contributed by atoms with Crippen LogP contribution >= 0.6 is 11.3 Å². The third-order valence-corrected chi connectivity index (χ3v) is 4.37. The molecule has 0 aliphatic carbocycles. The summed E-state index contributed by atoms with van der Waals surface area (Å²) in [5.74, 6) is 0.886. The van der Waals surface area contributed by atoms with Gasteiger partial charge in [0.15, 0.2) is 5.96 Å². The fraction of sp³-hybridized carbons (Fsp3) is 0.533. The Morgan fingerprint density at radius 2 is 2.23 bits per heavy atom. The third kappa shape index (κ3) is 4.30. The van der Waals surface area contributed by atoms with Crippen molar-refractivity contribution in [2.75, 3.05) is 13.6 Å². The number of hydrogen-bond donors (Lipinski definition) is 1. The minimum Gasteiger partial charge on any atom is -0.357 e. The maximum atomic E-state index is 4.69. The summed E-state index contributed by atoms with van der Waals surface area (Å²) in [5.41, 5.74) is 2.26. The predicted octanol–water partition coefficient (Wildman–Crippen LogP) is 2.09. The van der Waals surface area contributed by atoms with Gasteiger partial charge < -0.3 is 10.2 Å². The van der Waals surface area contributed by atoms with Crippen LogP contribution < -0.4 is 5.32 Å². The molecule has 0 saturated carbocycles. The zero-order valence-electron chi connectivity index (χ0n) is 13.9. The van der Waals surface area contributed by atoms with E-state index in [4.69, 9.17) is 4.99 Å². The fourth-order valence-corrected chi connectivity index (χ4v) is 2.98. The summed E-state index contributed by atoms with van der Waals surface area (Å²) in [7, 11) is 3.96. The molecule has 0 radical (unpaired) electrons. The predicted molar refractivity (Wildman–Crippen MR) is 91.1 cm³/mol. The summed E-state index contributed by atoms with van der Waals surface area (Å²) in [6.07, 6.45) is 3.90. The van der Waals surface area contributed by atoms with Crippen molar-refractivity contribution in [2.45, 2.75) is 33.9 Å². The quantitative estimate of drug-likeness (QED) is 0.677. The molecule has 0 aromatic carbocycles. The molecular weight excluding hydrogens is 296 g/mol. The van der Waals surface area contributed by atoms with E-state index >= 15 is 0 Å². The minimum absolute atomic E-state index is 0.610. The Hall–Kier alpha value is -1.89. The standard InChI is InChI=1S/C15H24N6S/c1-6-16-15(17-8-14-19-11(2)12(3)22-14)20(4)9-13-7-18-21(5)10-13/h7,10H,6,8-9H2,1-5H3,(H,16,17). The van der Waals surface area contributed by atoms with Crippen LogP contribution in [0, 0.1) is 13.8 Å². The molecule has 0 atom stereocenters. The van der Waals surface area contributed by atoms with Crippen molar-refractivity contribution in [1.29, 1.82) is 0 Å². The molecule has 2 rings (SSSR count). The van der Waals surface area contributed by atoms with E-state index in [-0.39, 0.29) is 0 Å². The molecule has 22 heavy (non-hydrogen) atoms. The minimum atomic E-state index is 0.610. The number of thiazole rings is 1. The van der Waals surface area contributed by atoms with Gasteiger partial charge >= 0.3 is 0 Å². The first-order chi connectivity index (χ1) is 10.5. The molecule has 2 aromatic rings. The van der Waals surface area contributed by atoms with E-state index < -0.39 is 0 Å². The highest BCUT2D eigenvalue weighted by Crippen LogP contribution is 2.17. The highest BCUT2D eigenvalue weighted by Gasteiger charge is 2.09. The fourth-order valence-electron chi connectivity index (χ4n) is 2.12. The van der Waals surface area contributed by atoms with Crippen molar-refractivity contribution in [3.8, 4) is 0 Å². The van der Waals surface area contributed by atoms with Gasteiger partial charge in [0.1, 0.15) is 5.01 Å².